The number of nitrogens with one attached hydrogen (secondary N) is 1. The Kier molecular flexibility index (Phi) is 9.13. The summed E-state index contributed by atoms with van der Waals surface area (Å²) >= 11 is 0. The molecule has 4 aromatic carbocycles. The summed E-state index contributed by atoms with van der Waals surface area (Å²) in [6.45, 7) is 6.53. The zero-order valence-electron chi connectivity index (χ0n) is 27.7. The van der Waals surface area contributed by atoms with Gasteiger partial charge in [-0.15, -0.1) is 0 Å². The number of pyridine rings is 2. The average Bonchev–Trinajstić information content (AvgIpc) is 3.49. The van der Waals surface area contributed by atoms with Crippen molar-refractivity contribution in [2.24, 2.45) is 0 Å². The largest absolute Gasteiger partial charge is 0.478 e. The van der Waals surface area contributed by atoms with E-state index in [1.165, 1.54) is 22.3 Å². The van der Waals surface area contributed by atoms with Gasteiger partial charge in [0.05, 0.1) is 5.56 Å². The van der Waals surface area contributed by atoms with E-state index in [1.807, 2.05) is 36.7 Å². The minimum Gasteiger partial charge on any atom is -0.478 e. The number of carbonyl (C=O) groups is 1. The monoisotopic (exact) mass is 642 g/mol. The lowest BCUT2D eigenvalue weighted by molar-refractivity contribution is 0.0697. The Morgan fingerprint density at radius 1 is 0.673 bits per heavy atom. The van der Waals surface area contributed by atoms with Gasteiger partial charge in [-0.05, 0) is 107 Å². The number of hydrogen-bond donors (Lipinski definition) is 2. The highest BCUT2D eigenvalue weighted by atomic mass is 16.4. The van der Waals surface area contributed by atoms with E-state index in [0.717, 1.165) is 76.0 Å². The van der Waals surface area contributed by atoms with Crippen LogP contribution in [0.5, 0.6) is 0 Å². The molecule has 6 heteroatoms. The molecule has 0 aliphatic carbocycles. The Balaban J connectivity index is 1.21. The van der Waals surface area contributed by atoms with Crippen LogP contribution in [0.2, 0.25) is 0 Å². The Hall–Kier alpha value is -5.85. The highest BCUT2D eigenvalue weighted by Crippen LogP contribution is 2.33. The van der Waals surface area contributed by atoms with Crippen molar-refractivity contribution in [1.82, 2.24) is 19.9 Å². The Bertz CT molecular complexity index is 2100. The maximum absolute atomic E-state index is 12.0. The second-order valence-electron chi connectivity index (χ2n) is 12.8. The van der Waals surface area contributed by atoms with Crippen LogP contribution in [0.15, 0.2) is 134 Å². The number of H-pyrrole nitrogens is 1. The number of aromatic amines is 1. The number of aryl methyl sites for hydroxylation is 2. The van der Waals surface area contributed by atoms with E-state index >= 15 is 0 Å². The predicted octanol–water partition coefficient (Wildman–Crippen LogP) is 9.52. The quantitative estimate of drug-likeness (QED) is 0.147. The first kappa shape index (κ1) is 31.7. The summed E-state index contributed by atoms with van der Waals surface area (Å²) in [5, 5.41) is 10.8. The van der Waals surface area contributed by atoms with Crippen LogP contribution in [0.1, 0.15) is 38.2 Å². The fourth-order valence-electron chi connectivity index (χ4n) is 6.68. The van der Waals surface area contributed by atoms with Crippen LogP contribution in [-0.4, -0.2) is 37.5 Å². The highest BCUT2D eigenvalue weighted by Gasteiger charge is 2.18. The molecule has 0 aliphatic rings. The molecule has 3 aromatic heterocycles. The first-order chi connectivity index (χ1) is 23.9. The van der Waals surface area contributed by atoms with Gasteiger partial charge in [-0.25, -0.2) is 4.79 Å². The summed E-state index contributed by atoms with van der Waals surface area (Å²) in [4.78, 5) is 26.7. The molecule has 7 aromatic rings. The zero-order valence-corrected chi connectivity index (χ0v) is 27.7. The van der Waals surface area contributed by atoms with Crippen molar-refractivity contribution in [1.29, 1.82) is 0 Å². The van der Waals surface area contributed by atoms with Crippen LogP contribution < -0.4 is 0 Å². The summed E-state index contributed by atoms with van der Waals surface area (Å²) in [5.41, 5.74) is 13.8. The normalized spacial score (nSPS) is 11.3. The lowest BCUT2D eigenvalue weighted by Gasteiger charge is -2.23. The molecule has 0 saturated heterocycles. The molecule has 0 fully saturated rings. The smallest absolute Gasteiger partial charge is 0.335 e. The molecule has 6 nitrogen and oxygen atoms in total. The zero-order chi connectivity index (χ0) is 33.7. The van der Waals surface area contributed by atoms with Gasteiger partial charge >= 0.3 is 5.97 Å². The third-order valence-electron chi connectivity index (χ3n) is 9.05. The van der Waals surface area contributed by atoms with Gasteiger partial charge in [0.25, 0.3) is 0 Å². The van der Waals surface area contributed by atoms with E-state index in [9.17, 15) is 9.90 Å². The van der Waals surface area contributed by atoms with E-state index in [1.54, 1.807) is 18.5 Å². The molecule has 0 unspecified atom stereocenters. The first-order valence-electron chi connectivity index (χ1n) is 16.6. The Labute approximate surface area is 286 Å². The molecule has 0 atom stereocenters. The fraction of sp³-hybridized carbons (Fsp3) is 0.140. The maximum Gasteiger partial charge on any atom is 0.335 e. The minimum absolute atomic E-state index is 0.291. The van der Waals surface area contributed by atoms with Gasteiger partial charge in [-0.2, -0.15) is 0 Å². The number of rotatable bonds is 11. The van der Waals surface area contributed by atoms with Crippen LogP contribution >= 0.6 is 0 Å². The summed E-state index contributed by atoms with van der Waals surface area (Å²) in [6, 6.07) is 37.5. The van der Waals surface area contributed by atoms with Crippen LogP contribution in [-0.2, 0) is 19.5 Å². The second-order valence-corrected chi connectivity index (χ2v) is 12.8. The molecule has 0 aliphatic heterocycles. The molecule has 0 radical (unpaired) electrons. The van der Waals surface area contributed by atoms with Crippen molar-refractivity contribution in [2.45, 2.75) is 33.4 Å². The van der Waals surface area contributed by atoms with Crippen LogP contribution in [0.25, 0.3) is 44.4 Å². The van der Waals surface area contributed by atoms with Crippen LogP contribution in [0.3, 0.4) is 0 Å². The van der Waals surface area contributed by atoms with Gasteiger partial charge in [0, 0.05) is 61.0 Å². The number of hydrogen-bond acceptors (Lipinski definition) is 4. The Morgan fingerprint density at radius 3 is 1.76 bits per heavy atom. The lowest BCUT2D eigenvalue weighted by atomic mass is 9.98. The van der Waals surface area contributed by atoms with Gasteiger partial charge in [-0.3, -0.25) is 14.9 Å². The number of fused-ring (bicyclic) bond motifs is 1. The molecule has 3 heterocycles. The molecule has 0 amide bonds. The van der Waals surface area contributed by atoms with E-state index in [2.05, 4.69) is 113 Å². The van der Waals surface area contributed by atoms with Crippen molar-refractivity contribution in [2.75, 3.05) is 6.54 Å². The predicted molar refractivity (Wildman–Crippen MR) is 197 cm³/mol. The van der Waals surface area contributed by atoms with Gasteiger partial charge in [0.2, 0.25) is 0 Å². The van der Waals surface area contributed by atoms with E-state index in [0.29, 0.717) is 5.56 Å². The van der Waals surface area contributed by atoms with E-state index < -0.39 is 5.97 Å². The third kappa shape index (κ3) is 7.35. The lowest BCUT2D eigenvalue weighted by Crippen LogP contribution is -2.25. The van der Waals surface area contributed by atoms with Gasteiger partial charge in [-0.1, -0.05) is 77.9 Å². The summed E-state index contributed by atoms with van der Waals surface area (Å²) in [5.74, 6) is -0.923. The molecular weight excluding hydrogens is 604 g/mol. The Morgan fingerprint density at radius 2 is 1.24 bits per heavy atom. The van der Waals surface area contributed by atoms with Gasteiger partial charge < -0.3 is 10.1 Å². The topological polar surface area (TPSA) is 82.1 Å². The fourth-order valence-corrected chi connectivity index (χ4v) is 6.68. The van der Waals surface area contributed by atoms with Crippen molar-refractivity contribution < 1.29 is 9.90 Å². The van der Waals surface area contributed by atoms with Gasteiger partial charge in [0.1, 0.15) is 0 Å². The first-order valence-corrected chi connectivity index (χ1v) is 16.6. The maximum atomic E-state index is 12.0. The molecule has 2 N–H and O–H groups in total. The molecule has 7 rings (SSSR count). The number of aromatic carboxylic acids is 1. The summed E-state index contributed by atoms with van der Waals surface area (Å²) in [6.07, 6.45) is 8.11. The molecule has 49 heavy (non-hydrogen) atoms. The van der Waals surface area contributed by atoms with Crippen molar-refractivity contribution in [3.05, 3.63) is 167 Å². The standard InChI is InChI=1S/C43H38N4O2/c1-29-21-30(2)23-38(22-29)42-39(40-24-35(43(48)49)15-16-41(40)46-42)17-20-47(27-31-7-11-33(12-8-31)36-5-3-18-44-25-36)28-32-9-13-34(14-10-32)37-6-4-19-45-26-37/h3-16,18-19,21-26,46H,17,20,27-28H2,1-2H3,(H,48,49). The number of benzene rings is 4. The van der Waals surface area contributed by atoms with Gasteiger partial charge in [0.15, 0.2) is 0 Å². The minimum atomic E-state index is -0.923. The molecule has 0 saturated carbocycles. The summed E-state index contributed by atoms with van der Waals surface area (Å²) < 4.78 is 0. The molecule has 0 spiro atoms. The van der Waals surface area contributed by atoms with Crippen LogP contribution in [0, 0.1) is 13.8 Å². The van der Waals surface area contributed by atoms with Crippen molar-refractivity contribution in [3.63, 3.8) is 0 Å². The SMILES string of the molecule is Cc1cc(C)cc(-c2[nH]c3ccc(C(=O)O)cc3c2CCN(Cc2ccc(-c3cccnc3)cc2)Cc2ccc(-c3cccnc3)cc2)c1. The van der Waals surface area contributed by atoms with E-state index in [4.69, 9.17) is 0 Å². The molecule has 0 bridgehead atoms. The molecular formula is C43H38N4O2. The highest BCUT2D eigenvalue weighted by molar-refractivity contribution is 5.97. The van der Waals surface area contributed by atoms with E-state index in [-0.39, 0.29) is 0 Å². The number of carboxylic acids is 1. The third-order valence-corrected chi connectivity index (χ3v) is 9.05. The van der Waals surface area contributed by atoms with Crippen molar-refractivity contribution >= 4 is 16.9 Å². The van der Waals surface area contributed by atoms with Crippen LogP contribution in [0.4, 0.5) is 0 Å². The number of carboxylic acid groups (broad SMARTS) is 1. The average molecular weight is 643 g/mol. The molecule has 242 valence electrons. The second kappa shape index (κ2) is 14.1. The summed E-state index contributed by atoms with van der Waals surface area (Å²) in [7, 11) is 0. The number of nitrogens with zero attached hydrogens (tertiary/aromatic N) is 3. The number of aromatic nitrogens is 3. The van der Waals surface area contributed by atoms with Crippen molar-refractivity contribution in [3.8, 4) is 33.5 Å².